The monoisotopic (exact) mass is 440 g/mol. The molecule has 5 heterocycles. The molecule has 5 aromatic rings. The molecule has 2 N–H and O–H groups in total. The number of aryl methyl sites for hydroxylation is 2. The summed E-state index contributed by atoms with van der Waals surface area (Å²) in [6, 6.07) is 8.64. The van der Waals surface area contributed by atoms with Crippen LogP contribution in [0.3, 0.4) is 0 Å². The summed E-state index contributed by atoms with van der Waals surface area (Å²) in [5.74, 6) is 0.613. The Morgan fingerprint density at radius 3 is 2.67 bits per heavy atom. The number of fused-ring (bicyclic) bond motifs is 1. The summed E-state index contributed by atoms with van der Waals surface area (Å²) in [4.78, 5) is 17.6. The Morgan fingerprint density at radius 1 is 1.09 bits per heavy atom. The maximum absolute atomic E-state index is 13.2. The van der Waals surface area contributed by atoms with Crippen LogP contribution in [0.15, 0.2) is 70.6 Å². The van der Waals surface area contributed by atoms with E-state index < -0.39 is 0 Å². The van der Waals surface area contributed by atoms with Crippen molar-refractivity contribution in [2.75, 3.05) is 0 Å². The summed E-state index contributed by atoms with van der Waals surface area (Å²) < 4.78 is 9.84. The molecule has 0 aliphatic rings. The highest BCUT2D eigenvalue weighted by Crippen LogP contribution is 2.21. The van der Waals surface area contributed by atoms with Crippen LogP contribution in [0.1, 0.15) is 5.69 Å². The Labute approximate surface area is 187 Å². The van der Waals surface area contributed by atoms with Gasteiger partial charge in [0.05, 0.1) is 29.3 Å². The molecule has 33 heavy (non-hydrogen) atoms. The standard InChI is InChI=1S/C23H20N8O2/c1-14-7-20(33-28-14)15-3-4-21(24)31(12-15)22(25)13-30-6-5-19-18(23(30)32)8-16(9-26-19)17-10-27-29(2)11-17/h3-12,24-25H,13H2,1-2H3. The highest BCUT2D eigenvalue weighted by Gasteiger charge is 2.12. The molecule has 164 valence electrons. The molecule has 0 radical (unpaired) electrons. The number of hydrogen-bond acceptors (Lipinski definition) is 7. The number of hydrogen-bond donors (Lipinski definition) is 2. The van der Waals surface area contributed by atoms with Crippen molar-refractivity contribution in [3.05, 3.63) is 82.9 Å². The number of rotatable bonds is 4. The molecule has 0 aliphatic heterocycles. The predicted octanol–water partition coefficient (Wildman–Crippen LogP) is 2.57. The summed E-state index contributed by atoms with van der Waals surface area (Å²) in [5, 5.41) is 25.3. The van der Waals surface area contributed by atoms with Crippen molar-refractivity contribution in [3.63, 3.8) is 0 Å². The normalized spacial score (nSPS) is 11.2. The van der Waals surface area contributed by atoms with E-state index in [9.17, 15) is 4.79 Å². The van der Waals surface area contributed by atoms with Gasteiger partial charge in [0.25, 0.3) is 5.56 Å². The van der Waals surface area contributed by atoms with Gasteiger partial charge in [-0.3, -0.25) is 29.8 Å². The van der Waals surface area contributed by atoms with Crippen LogP contribution in [0.5, 0.6) is 0 Å². The number of aromatic nitrogens is 6. The van der Waals surface area contributed by atoms with Crippen molar-refractivity contribution in [2.24, 2.45) is 7.05 Å². The molecule has 0 aliphatic carbocycles. The summed E-state index contributed by atoms with van der Waals surface area (Å²) in [7, 11) is 1.83. The fourth-order valence-corrected chi connectivity index (χ4v) is 3.62. The lowest BCUT2D eigenvalue weighted by atomic mass is 10.1. The van der Waals surface area contributed by atoms with Gasteiger partial charge in [-0.2, -0.15) is 5.10 Å². The zero-order valence-corrected chi connectivity index (χ0v) is 18.0. The van der Waals surface area contributed by atoms with Crippen LogP contribution in [-0.2, 0) is 13.6 Å². The molecule has 0 aromatic carbocycles. The Morgan fingerprint density at radius 2 is 1.94 bits per heavy atom. The lowest BCUT2D eigenvalue weighted by Gasteiger charge is -2.12. The highest BCUT2D eigenvalue weighted by atomic mass is 16.5. The van der Waals surface area contributed by atoms with E-state index in [1.807, 2.05) is 20.2 Å². The van der Waals surface area contributed by atoms with Gasteiger partial charge in [-0.05, 0) is 31.2 Å². The van der Waals surface area contributed by atoms with Crippen molar-refractivity contribution in [1.29, 1.82) is 10.8 Å². The molecule has 10 nitrogen and oxygen atoms in total. The largest absolute Gasteiger partial charge is 0.356 e. The SMILES string of the molecule is Cc1cc(-c2ccc(=N)n(C(=N)Cn3ccc4ncc(-c5cnn(C)c5)cc4c3=O)c2)on1. The van der Waals surface area contributed by atoms with E-state index in [-0.39, 0.29) is 23.4 Å². The third kappa shape index (κ3) is 3.78. The number of nitrogens with one attached hydrogen (secondary N) is 2. The van der Waals surface area contributed by atoms with Crippen molar-refractivity contribution in [2.45, 2.75) is 13.5 Å². The first-order valence-corrected chi connectivity index (χ1v) is 10.2. The summed E-state index contributed by atoms with van der Waals surface area (Å²) in [5.41, 5.74) is 3.52. The smallest absolute Gasteiger partial charge is 0.260 e. The Kier molecular flexibility index (Phi) is 4.82. The second-order valence-electron chi connectivity index (χ2n) is 7.76. The van der Waals surface area contributed by atoms with E-state index in [1.54, 1.807) is 59.8 Å². The van der Waals surface area contributed by atoms with Gasteiger partial charge in [-0.25, -0.2) is 0 Å². The minimum atomic E-state index is -0.260. The van der Waals surface area contributed by atoms with Crippen LogP contribution < -0.4 is 11.0 Å². The topological polar surface area (TPSA) is 131 Å². The predicted molar refractivity (Wildman–Crippen MR) is 122 cm³/mol. The van der Waals surface area contributed by atoms with Gasteiger partial charge < -0.3 is 9.09 Å². The van der Waals surface area contributed by atoms with Crippen LogP contribution in [-0.4, -0.2) is 34.9 Å². The van der Waals surface area contributed by atoms with Gasteiger partial charge in [0.1, 0.15) is 11.3 Å². The minimum Gasteiger partial charge on any atom is -0.356 e. The third-order valence-electron chi connectivity index (χ3n) is 5.33. The molecule has 0 bridgehead atoms. The zero-order chi connectivity index (χ0) is 23.1. The van der Waals surface area contributed by atoms with Crippen LogP contribution in [0.2, 0.25) is 0 Å². The van der Waals surface area contributed by atoms with E-state index in [2.05, 4.69) is 15.2 Å². The molecule has 0 saturated heterocycles. The first-order valence-electron chi connectivity index (χ1n) is 10.2. The van der Waals surface area contributed by atoms with E-state index in [0.29, 0.717) is 22.2 Å². The Balaban J connectivity index is 1.50. The van der Waals surface area contributed by atoms with Crippen molar-refractivity contribution in [3.8, 4) is 22.5 Å². The maximum Gasteiger partial charge on any atom is 0.260 e. The van der Waals surface area contributed by atoms with Crippen LogP contribution in [0.4, 0.5) is 0 Å². The molecule has 0 atom stereocenters. The van der Waals surface area contributed by atoms with Gasteiger partial charge in [-0.1, -0.05) is 5.16 Å². The molecule has 0 unspecified atom stereocenters. The fourth-order valence-electron chi connectivity index (χ4n) is 3.62. The van der Waals surface area contributed by atoms with Crippen LogP contribution in [0.25, 0.3) is 33.4 Å². The average molecular weight is 440 g/mol. The number of pyridine rings is 3. The van der Waals surface area contributed by atoms with Gasteiger partial charge in [0.15, 0.2) is 5.76 Å². The van der Waals surface area contributed by atoms with E-state index in [0.717, 1.165) is 16.8 Å². The quantitative estimate of drug-likeness (QED) is 0.327. The Bertz CT molecular complexity index is 1640. The molecular weight excluding hydrogens is 420 g/mol. The van der Waals surface area contributed by atoms with Gasteiger partial charge in [0, 0.05) is 54.6 Å². The van der Waals surface area contributed by atoms with Gasteiger partial charge in [-0.15, -0.1) is 0 Å². The van der Waals surface area contributed by atoms with Crippen LogP contribution in [0, 0.1) is 17.7 Å². The lowest BCUT2D eigenvalue weighted by molar-refractivity contribution is 0.427. The molecule has 0 amide bonds. The van der Waals surface area contributed by atoms with Crippen molar-refractivity contribution < 1.29 is 4.52 Å². The Hall–Kier alpha value is -4.60. The van der Waals surface area contributed by atoms with Crippen molar-refractivity contribution in [1.82, 2.24) is 29.1 Å². The van der Waals surface area contributed by atoms with E-state index in [4.69, 9.17) is 15.3 Å². The zero-order valence-electron chi connectivity index (χ0n) is 18.0. The summed E-state index contributed by atoms with van der Waals surface area (Å²) in [6.45, 7) is 1.81. The molecule has 10 heteroatoms. The first-order chi connectivity index (χ1) is 15.9. The first kappa shape index (κ1) is 20.3. The van der Waals surface area contributed by atoms with Crippen molar-refractivity contribution >= 4 is 16.7 Å². The molecule has 0 spiro atoms. The molecule has 0 fully saturated rings. The van der Waals surface area contributed by atoms with Gasteiger partial charge >= 0.3 is 0 Å². The summed E-state index contributed by atoms with van der Waals surface area (Å²) in [6.07, 6.45) is 8.54. The fraction of sp³-hybridized carbons (Fsp3) is 0.130. The van der Waals surface area contributed by atoms with Crippen LogP contribution >= 0.6 is 0 Å². The second kappa shape index (κ2) is 7.83. The highest BCUT2D eigenvalue weighted by molar-refractivity contribution is 5.84. The van der Waals surface area contributed by atoms with E-state index in [1.165, 1.54) is 9.13 Å². The molecule has 5 aromatic heterocycles. The molecule has 0 saturated carbocycles. The second-order valence-corrected chi connectivity index (χ2v) is 7.76. The molecule has 5 rings (SSSR count). The molecular formula is C23H20N8O2. The number of nitrogens with zero attached hydrogens (tertiary/aromatic N) is 6. The lowest BCUT2D eigenvalue weighted by Crippen LogP contribution is -2.32. The average Bonchev–Trinajstić information content (AvgIpc) is 3.44. The van der Waals surface area contributed by atoms with E-state index >= 15 is 0 Å². The minimum absolute atomic E-state index is 0.0126. The maximum atomic E-state index is 13.2. The van der Waals surface area contributed by atoms with Gasteiger partial charge in [0.2, 0.25) is 0 Å². The summed E-state index contributed by atoms with van der Waals surface area (Å²) >= 11 is 0. The third-order valence-corrected chi connectivity index (χ3v) is 5.33.